The molecular formula is C12H13N3O3S. The molecule has 2 aromatic rings. The van der Waals surface area contributed by atoms with E-state index >= 15 is 0 Å². The summed E-state index contributed by atoms with van der Waals surface area (Å²) in [5, 5.41) is 14.3. The number of nitrogens with one attached hydrogen (secondary N) is 1. The van der Waals surface area contributed by atoms with E-state index in [1.54, 1.807) is 19.4 Å². The zero-order chi connectivity index (χ0) is 13.8. The van der Waals surface area contributed by atoms with Gasteiger partial charge in [0.25, 0.3) is 0 Å². The van der Waals surface area contributed by atoms with E-state index in [0.29, 0.717) is 10.9 Å². The lowest BCUT2D eigenvalue weighted by molar-refractivity contribution is 0.0691. The maximum absolute atomic E-state index is 10.8. The second-order valence-electron chi connectivity index (χ2n) is 3.83. The number of hydrogen-bond donors (Lipinski definition) is 2. The lowest BCUT2D eigenvalue weighted by atomic mass is 10.3. The quantitative estimate of drug-likeness (QED) is 0.874. The van der Waals surface area contributed by atoms with Gasteiger partial charge in [-0.1, -0.05) is 0 Å². The van der Waals surface area contributed by atoms with E-state index in [-0.39, 0.29) is 11.7 Å². The minimum Gasteiger partial charge on any atom is -0.481 e. The Bertz CT molecular complexity index is 585. The third-order valence-electron chi connectivity index (χ3n) is 2.44. The van der Waals surface area contributed by atoms with Crippen molar-refractivity contribution >= 4 is 23.0 Å². The summed E-state index contributed by atoms with van der Waals surface area (Å²) < 4.78 is 5.04. The molecule has 100 valence electrons. The zero-order valence-electron chi connectivity index (χ0n) is 10.5. The van der Waals surface area contributed by atoms with E-state index in [2.05, 4.69) is 15.3 Å². The van der Waals surface area contributed by atoms with Gasteiger partial charge in [-0.15, -0.1) is 11.3 Å². The lowest BCUT2D eigenvalue weighted by Gasteiger charge is -2.12. The highest BCUT2D eigenvalue weighted by molar-refractivity contribution is 7.09. The normalized spacial score (nSPS) is 11.9. The van der Waals surface area contributed by atoms with Gasteiger partial charge in [0.2, 0.25) is 5.88 Å². The second kappa shape index (κ2) is 5.66. The van der Waals surface area contributed by atoms with E-state index in [1.807, 2.05) is 13.0 Å². The Balaban J connectivity index is 2.10. The smallest absolute Gasteiger partial charge is 0.355 e. The van der Waals surface area contributed by atoms with Gasteiger partial charge in [0.1, 0.15) is 5.01 Å². The molecule has 0 spiro atoms. The van der Waals surface area contributed by atoms with Crippen LogP contribution in [0.2, 0.25) is 0 Å². The van der Waals surface area contributed by atoms with Gasteiger partial charge in [-0.05, 0) is 13.0 Å². The number of methoxy groups -OCH3 is 1. The van der Waals surface area contributed by atoms with Crippen LogP contribution in [0, 0.1) is 0 Å². The minimum atomic E-state index is -1.01. The maximum atomic E-state index is 10.8. The number of aromatic nitrogens is 2. The number of carboxylic acid groups (broad SMARTS) is 1. The van der Waals surface area contributed by atoms with Crippen molar-refractivity contribution in [2.75, 3.05) is 12.4 Å². The van der Waals surface area contributed by atoms with E-state index in [0.717, 1.165) is 5.69 Å². The maximum Gasteiger partial charge on any atom is 0.355 e. The first-order chi connectivity index (χ1) is 9.10. The van der Waals surface area contributed by atoms with Crippen molar-refractivity contribution < 1.29 is 14.6 Å². The van der Waals surface area contributed by atoms with Gasteiger partial charge < -0.3 is 15.2 Å². The number of pyridine rings is 1. The lowest BCUT2D eigenvalue weighted by Crippen LogP contribution is -2.07. The summed E-state index contributed by atoms with van der Waals surface area (Å²) in [6, 6.07) is 3.48. The van der Waals surface area contributed by atoms with Crippen molar-refractivity contribution in [3.63, 3.8) is 0 Å². The van der Waals surface area contributed by atoms with Gasteiger partial charge in [0.15, 0.2) is 5.69 Å². The summed E-state index contributed by atoms with van der Waals surface area (Å²) in [6.07, 6.45) is 1.64. The van der Waals surface area contributed by atoms with Crippen molar-refractivity contribution in [3.8, 4) is 5.88 Å². The molecular weight excluding hydrogens is 266 g/mol. The standard InChI is InChI=1S/C12H13N3O3S/c1-7(11-15-9(6-19-11)12(16)17)14-8-3-4-13-10(5-8)18-2/h3-7H,1-2H3,(H,13,14)(H,16,17). The van der Waals surface area contributed by atoms with Crippen LogP contribution in [0.4, 0.5) is 5.69 Å². The van der Waals surface area contributed by atoms with Gasteiger partial charge in [0.05, 0.1) is 13.2 Å². The molecule has 6 nitrogen and oxygen atoms in total. The van der Waals surface area contributed by atoms with Gasteiger partial charge >= 0.3 is 5.97 Å². The number of aromatic carboxylic acids is 1. The van der Waals surface area contributed by atoms with Crippen molar-refractivity contribution in [1.82, 2.24) is 9.97 Å². The SMILES string of the molecule is COc1cc(NC(C)c2nc(C(=O)O)cs2)ccn1. The first-order valence-corrected chi connectivity index (χ1v) is 6.43. The van der Waals surface area contributed by atoms with E-state index in [4.69, 9.17) is 9.84 Å². The Morgan fingerprint density at radius 3 is 3.00 bits per heavy atom. The number of anilines is 1. The highest BCUT2D eigenvalue weighted by atomic mass is 32.1. The average Bonchev–Trinajstić information content (AvgIpc) is 2.89. The van der Waals surface area contributed by atoms with Gasteiger partial charge in [-0.25, -0.2) is 14.8 Å². The van der Waals surface area contributed by atoms with Crippen molar-refractivity contribution in [2.24, 2.45) is 0 Å². The molecule has 0 aliphatic rings. The Morgan fingerprint density at radius 1 is 1.58 bits per heavy atom. The number of carbonyl (C=O) groups is 1. The van der Waals surface area contributed by atoms with E-state index in [1.165, 1.54) is 16.7 Å². The van der Waals surface area contributed by atoms with Crippen LogP contribution in [-0.2, 0) is 0 Å². The molecule has 0 aliphatic heterocycles. The van der Waals surface area contributed by atoms with Crippen LogP contribution in [-0.4, -0.2) is 28.2 Å². The molecule has 0 amide bonds. The number of carboxylic acids is 1. The Labute approximate surface area is 114 Å². The molecule has 2 aromatic heterocycles. The molecule has 0 saturated heterocycles. The van der Waals surface area contributed by atoms with Gasteiger partial charge in [-0.2, -0.15) is 0 Å². The number of ether oxygens (including phenoxy) is 1. The number of thiazole rings is 1. The molecule has 0 aromatic carbocycles. The number of rotatable bonds is 5. The van der Waals surface area contributed by atoms with Crippen LogP contribution in [0.25, 0.3) is 0 Å². The molecule has 2 heterocycles. The van der Waals surface area contributed by atoms with Crippen LogP contribution in [0.3, 0.4) is 0 Å². The summed E-state index contributed by atoms with van der Waals surface area (Å²) in [4.78, 5) is 18.8. The first kappa shape index (κ1) is 13.3. The molecule has 1 unspecified atom stereocenters. The summed E-state index contributed by atoms with van der Waals surface area (Å²) in [6.45, 7) is 1.91. The third-order valence-corrected chi connectivity index (χ3v) is 3.47. The topological polar surface area (TPSA) is 84.3 Å². The molecule has 0 bridgehead atoms. The fourth-order valence-corrected chi connectivity index (χ4v) is 2.31. The Hall–Kier alpha value is -2.15. The molecule has 0 radical (unpaired) electrons. The van der Waals surface area contributed by atoms with Crippen LogP contribution >= 0.6 is 11.3 Å². The average molecular weight is 279 g/mol. The predicted octanol–water partition coefficient (Wildman–Crippen LogP) is 2.42. The Kier molecular flexibility index (Phi) is 3.96. The van der Waals surface area contributed by atoms with Gasteiger partial charge in [0, 0.05) is 23.3 Å². The molecule has 0 aliphatic carbocycles. The van der Waals surface area contributed by atoms with Gasteiger partial charge in [-0.3, -0.25) is 0 Å². The monoisotopic (exact) mass is 279 g/mol. The fraction of sp³-hybridized carbons (Fsp3) is 0.250. The highest BCUT2D eigenvalue weighted by Gasteiger charge is 2.14. The molecule has 0 saturated carbocycles. The van der Waals surface area contributed by atoms with Crippen LogP contribution in [0.15, 0.2) is 23.7 Å². The molecule has 0 fully saturated rings. The van der Waals surface area contributed by atoms with Crippen molar-refractivity contribution in [2.45, 2.75) is 13.0 Å². The number of hydrogen-bond acceptors (Lipinski definition) is 6. The minimum absolute atomic E-state index is 0.0703. The van der Waals surface area contributed by atoms with Crippen LogP contribution in [0.1, 0.15) is 28.5 Å². The molecule has 7 heteroatoms. The first-order valence-electron chi connectivity index (χ1n) is 5.55. The van der Waals surface area contributed by atoms with Crippen molar-refractivity contribution in [1.29, 1.82) is 0 Å². The Morgan fingerprint density at radius 2 is 2.37 bits per heavy atom. The van der Waals surface area contributed by atoms with E-state index in [9.17, 15) is 4.79 Å². The summed E-state index contributed by atoms with van der Waals surface area (Å²) in [5.41, 5.74) is 0.910. The largest absolute Gasteiger partial charge is 0.481 e. The third kappa shape index (κ3) is 3.19. The molecule has 2 rings (SSSR count). The van der Waals surface area contributed by atoms with Crippen LogP contribution < -0.4 is 10.1 Å². The van der Waals surface area contributed by atoms with Crippen molar-refractivity contribution in [3.05, 3.63) is 34.4 Å². The summed E-state index contributed by atoms with van der Waals surface area (Å²) >= 11 is 1.31. The molecule has 19 heavy (non-hydrogen) atoms. The van der Waals surface area contributed by atoms with E-state index < -0.39 is 5.97 Å². The molecule has 1 atom stereocenters. The second-order valence-corrected chi connectivity index (χ2v) is 4.72. The zero-order valence-corrected chi connectivity index (χ0v) is 11.3. The summed E-state index contributed by atoms with van der Waals surface area (Å²) in [7, 11) is 1.55. The highest BCUT2D eigenvalue weighted by Crippen LogP contribution is 2.23. The number of nitrogens with zero attached hydrogens (tertiary/aromatic N) is 2. The fourth-order valence-electron chi connectivity index (χ4n) is 1.51. The van der Waals surface area contributed by atoms with Crippen LogP contribution in [0.5, 0.6) is 5.88 Å². The predicted molar refractivity (Wildman–Crippen MR) is 71.9 cm³/mol. The summed E-state index contributed by atoms with van der Waals surface area (Å²) in [5.74, 6) is -0.497. The molecule has 2 N–H and O–H groups in total.